The highest BCUT2D eigenvalue weighted by Crippen LogP contribution is 2.46. The molecule has 5 heteroatoms. The zero-order valence-electron chi connectivity index (χ0n) is 10.3. The second kappa shape index (κ2) is 5.34. The molecule has 0 saturated heterocycles. The monoisotopic (exact) mass is 261 g/mol. The third-order valence-corrected chi connectivity index (χ3v) is 3.88. The van der Waals surface area contributed by atoms with Crippen LogP contribution < -0.4 is 5.32 Å². The molecule has 1 aromatic heterocycles. The number of hydrogen-bond acceptors (Lipinski definition) is 2. The molecule has 0 radical (unpaired) electrons. The van der Waals surface area contributed by atoms with Gasteiger partial charge in [0.1, 0.15) is 0 Å². The minimum Gasteiger partial charge on any atom is -0.472 e. The molecule has 2 rings (SSSR count). The molecule has 102 valence electrons. The van der Waals surface area contributed by atoms with E-state index in [1.54, 1.807) is 13.1 Å². The first-order valence-electron chi connectivity index (χ1n) is 6.30. The molecule has 0 aromatic carbocycles. The molecule has 0 spiro atoms. The molecule has 0 amide bonds. The van der Waals surface area contributed by atoms with Crippen molar-refractivity contribution in [3.8, 4) is 0 Å². The molecule has 1 aliphatic rings. The van der Waals surface area contributed by atoms with Gasteiger partial charge in [0.05, 0.1) is 18.4 Å². The molecule has 1 fully saturated rings. The van der Waals surface area contributed by atoms with Gasteiger partial charge in [-0.1, -0.05) is 12.8 Å². The quantitative estimate of drug-likeness (QED) is 0.892. The number of halogens is 3. The Hall–Kier alpha value is -0.970. The Morgan fingerprint density at radius 2 is 2.06 bits per heavy atom. The molecular weight excluding hydrogens is 243 g/mol. The van der Waals surface area contributed by atoms with Gasteiger partial charge in [0.2, 0.25) is 0 Å². The van der Waals surface area contributed by atoms with E-state index in [1.807, 2.05) is 0 Å². The lowest BCUT2D eigenvalue weighted by Gasteiger charge is -2.37. The fourth-order valence-electron chi connectivity index (χ4n) is 3.04. The first-order valence-corrected chi connectivity index (χ1v) is 6.30. The molecule has 2 nitrogen and oxygen atoms in total. The van der Waals surface area contributed by atoms with Gasteiger partial charge in [0, 0.05) is 11.6 Å². The standard InChI is InChI=1S/C13H18F3NO/c1-17-12(9-6-7-18-8-9)10-4-2-3-5-11(10)13(14,15)16/h6-8,10-12,17H,2-5H2,1H3. The first kappa shape index (κ1) is 13.5. The molecule has 3 unspecified atom stereocenters. The SMILES string of the molecule is CNC(c1ccoc1)C1CCCCC1C(F)(F)F. The van der Waals surface area contributed by atoms with Crippen LogP contribution in [0.2, 0.25) is 0 Å². The van der Waals surface area contributed by atoms with Crippen molar-refractivity contribution < 1.29 is 17.6 Å². The van der Waals surface area contributed by atoms with Crippen LogP contribution >= 0.6 is 0 Å². The summed E-state index contributed by atoms with van der Waals surface area (Å²) < 4.78 is 44.2. The Labute approximate surface area is 105 Å². The second-order valence-electron chi connectivity index (χ2n) is 4.92. The van der Waals surface area contributed by atoms with Crippen LogP contribution in [0.1, 0.15) is 37.3 Å². The molecule has 1 aromatic rings. The molecule has 1 aliphatic carbocycles. The van der Waals surface area contributed by atoms with Crippen LogP contribution in [0.3, 0.4) is 0 Å². The normalized spacial score (nSPS) is 27.1. The average molecular weight is 261 g/mol. The highest BCUT2D eigenvalue weighted by atomic mass is 19.4. The van der Waals surface area contributed by atoms with E-state index in [9.17, 15) is 13.2 Å². The Kier molecular flexibility index (Phi) is 4.00. The van der Waals surface area contributed by atoms with Gasteiger partial charge in [0.25, 0.3) is 0 Å². The van der Waals surface area contributed by atoms with Crippen molar-refractivity contribution in [2.24, 2.45) is 11.8 Å². The minimum atomic E-state index is -4.11. The molecular formula is C13H18F3NO. The number of rotatable bonds is 3. The summed E-state index contributed by atoms with van der Waals surface area (Å²) in [6.07, 6.45) is 1.32. The maximum absolute atomic E-state index is 13.1. The van der Waals surface area contributed by atoms with Gasteiger partial charge >= 0.3 is 6.18 Å². The lowest BCUT2D eigenvalue weighted by molar-refractivity contribution is -0.199. The largest absolute Gasteiger partial charge is 0.472 e. The van der Waals surface area contributed by atoms with Crippen LogP contribution in [0.15, 0.2) is 23.0 Å². The maximum Gasteiger partial charge on any atom is 0.392 e. The van der Waals surface area contributed by atoms with Gasteiger partial charge in [-0.25, -0.2) is 0 Å². The van der Waals surface area contributed by atoms with Gasteiger partial charge < -0.3 is 9.73 Å². The maximum atomic E-state index is 13.1. The highest BCUT2D eigenvalue weighted by Gasteiger charge is 2.47. The number of alkyl halides is 3. The Morgan fingerprint density at radius 1 is 1.33 bits per heavy atom. The lowest BCUT2D eigenvalue weighted by atomic mass is 9.73. The van der Waals surface area contributed by atoms with Crippen molar-refractivity contribution in [2.75, 3.05) is 7.05 Å². The smallest absolute Gasteiger partial charge is 0.392 e. The summed E-state index contributed by atoms with van der Waals surface area (Å²) in [5, 5.41) is 3.02. The van der Waals surface area contributed by atoms with E-state index in [1.165, 1.54) is 12.5 Å². The van der Waals surface area contributed by atoms with Crippen LogP contribution in [0.25, 0.3) is 0 Å². The summed E-state index contributed by atoms with van der Waals surface area (Å²) in [7, 11) is 1.71. The van der Waals surface area contributed by atoms with Crippen molar-refractivity contribution in [1.29, 1.82) is 0 Å². The molecule has 1 heterocycles. The zero-order chi connectivity index (χ0) is 13.2. The molecule has 3 atom stereocenters. The zero-order valence-corrected chi connectivity index (χ0v) is 10.3. The fourth-order valence-corrected chi connectivity index (χ4v) is 3.04. The van der Waals surface area contributed by atoms with E-state index in [0.717, 1.165) is 12.0 Å². The summed E-state index contributed by atoms with van der Waals surface area (Å²) in [5.74, 6) is -1.61. The number of nitrogens with one attached hydrogen (secondary N) is 1. The van der Waals surface area contributed by atoms with Gasteiger partial charge in [0.15, 0.2) is 0 Å². The van der Waals surface area contributed by atoms with Gasteiger partial charge in [-0.3, -0.25) is 0 Å². The summed E-state index contributed by atoms with van der Waals surface area (Å²) in [5.41, 5.74) is 0.804. The average Bonchev–Trinajstić information content (AvgIpc) is 2.83. The summed E-state index contributed by atoms with van der Waals surface area (Å²) in [6.45, 7) is 0. The van der Waals surface area contributed by atoms with Crippen LogP contribution in [0.5, 0.6) is 0 Å². The van der Waals surface area contributed by atoms with Gasteiger partial charge in [-0.15, -0.1) is 0 Å². The van der Waals surface area contributed by atoms with Crippen molar-refractivity contribution in [2.45, 2.75) is 37.9 Å². The van der Waals surface area contributed by atoms with E-state index in [0.29, 0.717) is 12.8 Å². The van der Waals surface area contributed by atoms with Crippen LogP contribution in [0.4, 0.5) is 13.2 Å². The Bertz CT molecular complexity index is 361. The number of hydrogen-bond donors (Lipinski definition) is 1. The van der Waals surface area contributed by atoms with E-state index in [4.69, 9.17) is 4.42 Å². The van der Waals surface area contributed by atoms with Crippen molar-refractivity contribution in [3.63, 3.8) is 0 Å². The molecule has 1 saturated carbocycles. The molecule has 18 heavy (non-hydrogen) atoms. The minimum absolute atomic E-state index is 0.240. The summed E-state index contributed by atoms with van der Waals surface area (Å²) in [6, 6.07) is 1.46. The van der Waals surface area contributed by atoms with Gasteiger partial charge in [-0.2, -0.15) is 13.2 Å². The van der Waals surface area contributed by atoms with E-state index >= 15 is 0 Å². The Morgan fingerprint density at radius 3 is 2.61 bits per heavy atom. The highest BCUT2D eigenvalue weighted by molar-refractivity contribution is 5.14. The Balaban J connectivity index is 2.22. The predicted molar refractivity (Wildman–Crippen MR) is 62.0 cm³/mol. The van der Waals surface area contributed by atoms with Crippen LogP contribution in [0, 0.1) is 11.8 Å². The topological polar surface area (TPSA) is 25.2 Å². The predicted octanol–water partition coefficient (Wildman–Crippen LogP) is 3.91. The summed E-state index contributed by atoms with van der Waals surface area (Å²) >= 11 is 0. The van der Waals surface area contributed by atoms with Crippen LogP contribution in [-0.4, -0.2) is 13.2 Å². The molecule has 0 bridgehead atoms. The second-order valence-corrected chi connectivity index (χ2v) is 4.92. The van der Waals surface area contributed by atoms with Crippen molar-refractivity contribution >= 4 is 0 Å². The molecule has 0 aliphatic heterocycles. The molecule has 1 N–H and O–H groups in total. The van der Waals surface area contributed by atoms with Crippen molar-refractivity contribution in [1.82, 2.24) is 5.32 Å². The number of furan rings is 1. The fraction of sp³-hybridized carbons (Fsp3) is 0.692. The van der Waals surface area contributed by atoms with E-state index in [-0.39, 0.29) is 12.5 Å². The third kappa shape index (κ3) is 2.71. The van der Waals surface area contributed by atoms with Gasteiger partial charge in [-0.05, 0) is 31.9 Å². The van der Waals surface area contributed by atoms with E-state index in [2.05, 4.69) is 5.32 Å². The third-order valence-electron chi connectivity index (χ3n) is 3.88. The first-order chi connectivity index (χ1) is 8.54. The summed E-state index contributed by atoms with van der Waals surface area (Å²) in [4.78, 5) is 0. The van der Waals surface area contributed by atoms with Crippen LogP contribution in [-0.2, 0) is 0 Å². The lowest BCUT2D eigenvalue weighted by Crippen LogP contribution is -2.39. The van der Waals surface area contributed by atoms with E-state index < -0.39 is 18.0 Å². The van der Waals surface area contributed by atoms with Crippen molar-refractivity contribution in [3.05, 3.63) is 24.2 Å².